The summed E-state index contributed by atoms with van der Waals surface area (Å²) in [4.78, 5) is 23.0. The van der Waals surface area contributed by atoms with Gasteiger partial charge in [-0.15, -0.1) is 0 Å². The summed E-state index contributed by atoms with van der Waals surface area (Å²) in [7, 11) is -3.20. The molecule has 27 heavy (non-hydrogen) atoms. The van der Waals surface area contributed by atoms with E-state index in [1.807, 2.05) is 18.2 Å². The third-order valence-electron chi connectivity index (χ3n) is 3.90. The quantitative estimate of drug-likeness (QED) is 0.643. The number of amides is 2. The van der Waals surface area contributed by atoms with Crippen LogP contribution in [0.4, 0.5) is 0 Å². The van der Waals surface area contributed by atoms with Crippen LogP contribution in [-0.4, -0.2) is 32.5 Å². The summed E-state index contributed by atoms with van der Waals surface area (Å²) >= 11 is 0. The standard InChI is InChI=1S/C20H24N2O4S/c1-16(23)22-14-17-8-10-19(11-9-17)20(24)21-12-5-13-27(25,26)15-18-6-3-2-4-7-18/h2-4,6-11H,5,12-15H2,1H3,(H,21,24)(H,22,23). The maximum atomic E-state index is 12.1. The minimum absolute atomic E-state index is 0.0115. The summed E-state index contributed by atoms with van der Waals surface area (Å²) in [5.41, 5.74) is 2.16. The summed E-state index contributed by atoms with van der Waals surface area (Å²) in [6.45, 7) is 2.15. The molecule has 2 amide bonds. The molecule has 2 aromatic rings. The van der Waals surface area contributed by atoms with Crippen LogP contribution in [0, 0.1) is 0 Å². The summed E-state index contributed by atoms with van der Waals surface area (Å²) in [5, 5.41) is 5.42. The van der Waals surface area contributed by atoms with Gasteiger partial charge < -0.3 is 10.6 Å². The van der Waals surface area contributed by atoms with Gasteiger partial charge in [0.1, 0.15) is 0 Å². The second-order valence-corrected chi connectivity index (χ2v) is 8.48. The molecule has 0 aliphatic heterocycles. The molecule has 0 aromatic heterocycles. The maximum Gasteiger partial charge on any atom is 0.251 e. The average Bonchev–Trinajstić information content (AvgIpc) is 2.64. The molecule has 0 radical (unpaired) electrons. The number of rotatable bonds is 9. The van der Waals surface area contributed by atoms with Crippen molar-refractivity contribution in [3.8, 4) is 0 Å². The Balaban J connectivity index is 1.74. The molecule has 0 atom stereocenters. The van der Waals surface area contributed by atoms with Gasteiger partial charge >= 0.3 is 0 Å². The number of carbonyl (C=O) groups excluding carboxylic acids is 2. The SMILES string of the molecule is CC(=O)NCc1ccc(C(=O)NCCCS(=O)(=O)Cc2ccccc2)cc1. The summed E-state index contributed by atoms with van der Waals surface area (Å²) in [6.07, 6.45) is 0.363. The first kappa shape index (κ1) is 20.6. The second-order valence-electron chi connectivity index (χ2n) is 6.29. The van der Waals surface area contributed by atoms with E-state index in [0.29, 0.717) is 25.1 Å². The molecule has 7 heteroatoms. The largest absolute Gasteiger partial charge is 0.352 e. The van der Waals surface area contributed by atoms with E-state index < -0.39 is 9.84 Å². The van der Waals surface area contributed by atoms with Crippen molar-refractivity contribution < 1.29 is 18.0 Å². The number of nitrogens with one attached hydrogen (secondary N) is 2. The fraction of sp³-hybridized carbons (Fsp3) is 0.300. The van der Waals surface area contributed by atoms with Crippen LogP contribution in [0.3, 0.4) is 0 Å². The summed E-state index contributed by atoms with van der Waals surface area (Å²) in [5.74, 6) is -0.324. The Labute approximate surface area is 159 Å². The molecule has 6 nitrogen and oxygen atoms in total. The van der Waals surface area contributed by atoms with Gasteiger partial charge in [0.25, 0.3) is 5.91 Å². The Kier molecular flexibility index (Phi) is 7.55. The fourth-order valence-corrected chi connectivity index (χ4v) is 3.93. The second kappa shape index (κ2) is 9.87. The van der Waals surface area contributed by atoms with Crippen molar-refractivity contribution in [3.63, 3.8) is 0 Å². The van der Waals surface area contributed by atoms with Gasteiger partial charge in [-0.1, -0.05) is 42.5 Å². The summed E-state index contributed by atoms with van der Waals surface area (Å²) in [6, 6.07) is 15.9. The summed E-state index contributed by atoms with van der Waals surface area (Å²) < 4.78 is 24.2. The highest BCUT2D eigenvalue weighted by molar-refractivity contribution is 7.90. The molecule has 0 spiro atoms. The molecule has 2 N–H and O–H groups in total. The lowest BCUT2D eigenvalue weighted by atomic mass is 10.1. The molecule has 2 aromatic carbocycles. The van der Waals surface area contributed by atoms with Crippen LogP contribution >= 0.6 is 0 Å². The smallest absolute Gasteiger partial charge is 0.251 e. The molecule has 0 aliphatic carbocycles. The zero-order valence-corrected chi connectivity index (χ0v) is 16.1. The third kappa shape index (κ3) is 7.62. The molecule has 2 rings (SSSR count). The zero-order valence-electron chi connectivity index (χ0n) is 15.3. The van der Waals surface area contributed by atoms with E-state index in [4.69, 9.17) is 0 Å². The van der Waals surface area contributed by atoms with E-state index in [1.54, 1.807) is 36.4 Å². The lowest BCUT2D eigenvalue weighted by molar-refractivity contribution is -0.119. The Bertz CT molecular complexity index is 863. The highest BCUT2D eigenvalue weighted by atomic mass is 32.2. The van der Waals surface area contributed by atoms with E-state index in [0.717, 1.165) is 11.1 Å². The molecule has 0 unspecified atom stereocenters. The normalized spacial score (nSPS) is 11.0. The van der Waals surface area contributed by atoms with Gasteiger partial charge in [-0.25, -0.2) is 8.42 Å². The molecule has 0 heterocycles. The van der Waals surface area contributed by atoms with Gasteiger partial charge in [-0.05, 0) is 29.7 Å². The molecule has 0 saturated heterocycles. The molecule has 0 saturated carbocycles. The van der Waals surface area contributed by atoms with Crippen molar-refractivity contribution in [1.82, 2.24) is 10.6 Å². The molecule has 0 bridgehead atoms. The first-order valence-electron chi connectivity index (χ1n) is 8.72. The Morgan fingerprint density at radius 1 is 0.889 bits per heavy atom. The van der Waals surface area contributed by atoms with Crippen molar-refractivity contribution in [2.45, 2.75) is 25.6 Å². The van der Waals surface area contributed by atoms with Crippen molar-refractivity contribution in [1.29, 1.82) is 0 Å². The zero-order chi connectivity index (χ0) is 19.7. The van der Waals surface area contributed by atoms with Gasteiger partial charge in [0.15, 0.2) is 9.84 Å². The highest BCUT2D eigenvalue weighted by Gasteiger charge is 2.12. The van der Waals surface area contributed by atoms with E-state index in [2.05, 4.69) is 10.6 Å². The van der Waals surface area contributed by atoms with Crippen molar-refractivity contribution >= 4 is 21.7 Å². The van der Waals surface area contributed by atoms with Crippen LogP contribution in [0.1, 0.15) is 34.8 Å². The lowest BCUT2D eigenvalue weighted by Crippen LogP contribution is -2.26. The van der Waals surface area contributed by atoms with Gasteiger partial charge in [-0.3, -0.25) is 9.59 Å². The fourth-order valence-electron chi connectivity index (χ4n) is 2.50. The van der Waals surface area contributed by atoms with Crippen LogP contribution in [-0.2, 0) is 26.9 Å². The van der Waals surface area contributed by atoms with Crippen LogP contribution in [0.5, 0.6) is 0 Å². The average molecular weight is 388 g/mol. The predicted octanol–water partition coefficient (Wildman–Crippen LogP) is 2.06. The molecule has 0 aliphatic rings. The van der Waals surface area contributed by atoms with Crippen molar-refractivity contribution in [2.75, 3.05) is 12.3 Å². The number of sulfone groups is 1. The molecule has 0 fully saturated rings. The van der Waals surface area contributed by atoms with Gasteiger partial charge in [0.05, 0.1) is 11.5 Å². The number of hydrogen-bond donors (Lipinski definition) is 2. The highest BCUT2D eigenvalue weighted by Crippen LogP contribution is 2.07. The Hall–Kier alpha value is -2.67. The molecule has 144 valence electrons. The monoisotopic (exact) mass is 388 g/mol. The lowest BCUT2D eigenvalue weighted by Gasteiger charge is -2.08. The van der Waals surface area contributed by atoms with Crippen LogP contribution in [0.25, 0.3) is 0 Å². The van der Waals surface area contributed by atoms with Gasteiger partial charge in [0.2, 0.25) is 5.91 Å². The first-order valence-corrected chi connectivity index (χ1v) is 10.5. The van der Waals surface area contributed by atoms with Crippen molar-refractivity contribution in [2.24, 2.45) is 0 Å². The minimum atomic E-state index is -3.20. The Morgan fingerprint density at radius 2 is 1.56 bits per heavy atom. The van der Waals surface area contributed by atoms with Crippen LogP contribution in [0.2, 0.25) is 0 Å². The third-order valence-corrected chi connectivity index (χ3v) is 5.59. The van der Waals surface area contributed by atoms with E-state index in [9.17, 15) is 18.0 Å². The van der Waals surface area contributed by atoms with Crippen LogP contribution < -0.4 is 10.6 Å². The predicted molar refractivity (Wildman–Crippen MR) is 105 cm³/mol. The van der Waals surface area contributed by atoms with E-state index in [1.165, 1.54) is 6.92 Å². The molecular formula is C20H24N2O4S. The topological polar surface area (TPSA) is 92.3 Å². The minimum Gasteiger partial charge on any atom is -0.352 e. The number of benzene rings is 2. The first-order chi connectivity index (χ1) is 12.9. The van der Waals surface area contributed by atoms with Crippen LogP contribution in [0.15, 0.2) is 54.6 Å². The molecular weight excluding hydrogens is 364 g/mol. The van der Waals surface area contributed by atoms with Crippen molar-refractivity contribution in [3.05, 3.63) is 71.3 Å². The maximum absolute atomic E-state index is 12.1. The number of hydrogen-bond acceptors (Lipinski definition) is 4. The number of carbonyl (C=O) groups is 2. The van der Waals surface area contributed by atoms with E-state index in [-0.39, 0.29) is 23.3 Å². The van der Waals surface area contributed by atoms with Gasteiger partial charge in [0, 0.05) is 25.6 Å². The van der Waals surface area contributed by atoms with E-state index >= 15 is 0 Å². The Morgan fingerprint density at radius 3 is 2.19 bits per heavy atom. The van der Waals surface area contributed by atoms with Gasteiger partial charge in [-0.2, -0.15) is 0 Å².